The number of fused-ring (bicyclic) bond motifs is 1. The number of nitrogens with zero attached hydrogens (tertiary/aromatic N) is 2. The maximum atomic E-state index is 11.6. The van der Waals surface area contributed by atoms with Gasteiger partial charge in [0.25, 0.3) is 0 Å². The molecule has 0 unspecified atom stereocenters. The number of halogens is 1. The Morgan fingerprint density at radius 1 is 1.15 bits per heavy atom. The summed E-state index contributed by atoms with van der Waals surface area (Å²) in [4.78, 5) is 16.0. The summed E-state index contributed by atoms with van der Waals surface area (Å²) >= 11 is 3.39. The highest BCUT2D eigenvalue weighted by atomic mass is 79.9. The zero-order valence-electron chi connectivity index (χ0n) is 10.4. The molecule has 0 aliphatic heterocycles. The van der Waals surface area contributed by atoms with E-state index >= 15 is 0 Å². The lowest BCUT2D eigenvalue weighted by Crippen LogP contribution is -2.13. The van der Waals surface area contributed by atoms with E-state index in [1.807, 2.05) is 40.9 Å². The average molecular weight is 331 g/mol. The van der Waals surface area contributed by atoms with E-state index in [-0.39, 0.29) is 0 Å². The van der Waals surface area contributed by atoms with E-state index in [4.69, 9.17) is 0 Å². The topological polar surface area (TPSA) is 54.6 Å². The van der Waals surface area contributed by atoms with Crippen molar-refractivity contribution in [2.24, 2.45) is 0 Å². The third-order valence-corrected chi connectivity index (χ3v) is 3.58. The molecule has 0 amide bonds. The van der Waals surface area contributed by atoms with Crippen LogP contribution in [0.25, 0.3) is 5.65 Å². The van der Waals surface area contributed by atoms with Crippen LogP contribution >= 0.6 is 15.9 Å². The van der Waals surface area contributed by atoms with Crippen LogP contribution in [-0.4, -0.2) is 20.5 Å². The fraction of sp³-hybridized carbons (Fsp3) is 0.0667. The number of aliphatic carboxylic acids is 1. The van der Waals surface area contributed by atoms with Crippen LogP contribution in [-0.2, 0) is 4.79 Å². The average Bonchev–Trinajstić information content (AvgIpc) is 2.82. The minimum atomic E-state index is -0.904. The highest BCUT2D eigenvalue weighted by Gasteiger charge is 2.24. The number of aromatic nitrogens is 2. The first-order chi connectivity index (χ1) is 9.65. The van der Waals surface area contributed by atoms with Crippen molar-refractivity contribution >= 4 is 27.5 Å². The van der Waals surface area contributed by atoms with Crippen molar-refractivity contribution in [3.63, 3.8) is 0 Å². The van der Waals surface area contributed by atoms with Crippen molar-refractivity contribution in [3.05, 3.63) is 70.6 Å². The first kappa shape index (κ1) is 12.9. The van der Waals surface area contributed by atoms with Crippen molar-refractivity contribution in [3.8, 4) is 0 Å². The minimum absolute atomic E-state index is 0.529. The normalized spacial score (nSPS) is 12.4. The minimum Gasteiger partial charge on any atom is -0.480 e. The van der Waals surface area contributed by atoms with Crippen LogP contribution < -0.4 is 0 Å². The van der Waals surface area contributed by atoms with Gasteiger partial charge in [0.1, 0.15) is 11.6 Å². The van der Waals surface area contributed by atoms with Gasteiger partial charge >= 0.3 is 5.97 Å². The molecule has 2 aromatic heterocycles. The van der Waals surface area contributed by atoms with Crippen molar-refractivity contribution in [1.29, 1.82) is 0 Å². The Balaban J connectivity index is 2.13. The number of carboxylic acid groups (broad SMARTS) is 1. The van der Waals surface area contributed by atoms with Gasteiger partial charge in [0.05, 0.1) is 5.69 Å². The molecule has 1 aromatic carbocycles. The molecule has 100 valence electrons. The third kappa shape index (κ3) is 2.32. The molecule has 0 radical (unpaired) electrons. The van der Waals surface area contributed by atoms with Gasteiger partial charge in [-0.3, -0.25) is 4.79 Å². The fourth-order valence-electron chi connectivity index (χ4n) is 2.21. The Morgan fingerprint density at radius 3 is 2.60 bits per heavy atom. The maximum Gasteiger partial charge on any atom is 0.317 e. The molecule has 0 aliphatic carbocycles. The molecule has 0 aliphatic rings. The number of pyridine rings is 1. The Labute approximate surface area is 123 Å². The molecule has 0 saturated carbocycles. The maximum absolute atomic E-state index is 11.6. The van der Waals surface area contributed by atoms with E-state index in [0.717, 1.165) is 15.7 Å². The molecule has 2 heterocycles. The van der Waals surface area contributed by atoms with E-state index in [0.29, 0.717) is 5.69 Å². The van der Waals surface area contributed by atoms with Crippen molar-refractivity contribution in [2.45, 2.75) is 5.92 Å². The second-order valence-electron chi connectivity index (χ2n) is 4.46. The summed E-state index contributed by atoms with van der Waals surface area (Å²) in [7, 11) is 0. The summed E-state index contributed by atoms with van der Waals surface area (Å²) in [5, 5.41) is 9.50. The highest BCUT2D eigenvalue weighted by molar-refractivity contribution is 9.10. The van der Waals surface area contributed by atoms with E-state index < -0.39 is 11.9 Å². The van der Waals surface area contributed by atoms with Gasteiger partial charge in [-0.1, -0.05) is 30.3 Å². The molecule has 3 rings (SSSR count). The lowest BCUT2D eigenvalue weighted by Gasteiger charge is -2.09. The van der Waals surface area contributed by atoms with E-state index in [9.17, 15) is 9.90 Å². The van der Waals surface area contributed by atoms with Crippen LogP contribution in [0.3, 0.4) is 0 Å². The number of imidazole rings is 1. The number of hydrogen-bond donors (Lipinski definition) is 1. The molecule has 4 nitrogen and oxygen atoms in total. The third-order valence-electron chi connectivity index (χ3n) is 3.11. The number of benzene rings is 1. The van der Waals surface area contributed by atoms with E-state index in [1.165, 1.54) is 0 Å². The second-order valence-corrected chi connectivity index (χ2v) is 5.38. The molecule has 20 heavy (non-hydrogen) atoms. The number of rotatable bonds is 3. The molecule has 1 N–H and O–H groups in total. The Bertz CT molecular complexity index is 768. The highest BCUT2D eigenvalue weighted by Crippen LogP contribution is 2.25. The van der Waals surface area contributed by atoms with Gasteiger partial charge in [0.2, 0.25) is 0 Å². The predicted molar refractivity (Wildman–Crippen MR) is 78.8 cm³/mol. The van der Waals surface area contributed by atoms with E-state index in [1.54, 1.807) is 18.3 Å². The molecule has 0 bridgehead atoms. The zero-order valence-corrected chi connectivity index (χ0v) is 12.0. The zero-order chi connectivity index (χ0) is 14.1. The summed E-state index contributed by atoms with van der Waals surface area (Å²) in [6, 6.07) is 12.9. The smallest absolute Gasteiger partial charge is 0.317 e. The summed E-state index contributed by atoms with van der Waals surface area (Å²) in [5.41, 5.74) is 1.98. The molecule has 0 spiro atoms. The van der Waals surface area contributed by atoms with Crippen molar-refractivity contribution in [2.75, 3.05) is 0 Å². The molecular formula is C15H11BrN2O2. The van der Waals surface area contributed by atoms with Crippen LogP contribution in [0.1, 0.15) is 17.2 Å². The van der Waals surface area contributed by atoms with Gasteiger partial charge in [-0.15, -0.1) is 0 Å². The van der Waals surface area contributed by atoms with Gasteiger partial charge < -0.3 is 9.51 Å². The number of hydrogen-bond acceptors (Lipinski definition) is 2. The predicted octanol–water partition coefficient (Wildman–Crippen LogP) is 3.31. The van der Waals surface area contributed by atoms with Gasteiger partial charge in [-0.2, -0.15) is 0 Å². The SMILES string of the molecule is O=C(O)[C@H](c1ccccc1)c1cn2cc(Br)ccc2n1. The van der Waals surface area contributed by atoms with Gasteiger partial charge in [-0.25, -0.2) is 4.98 Å². The Morgan fingerprint density at radius 2 is 1.90 bits per heavy atom. The van der Waals surface area contributed by atoms with Crippen molar-refractivity contribution < 1.29 is 9.90 Å². The van der Waals surface area contributed by atoms with Crippen LogP contribution in [0.4, 0.5) is 0 Å². The summed E-state index contributed by atoms with van der Waals surface area (Å²) < 4.78 is 2.73. The molecular weight excluding hydrogens is 320 g/mol. The Hall–Kier alpha value is -2.14. The fourth-order valence-corrected chi connectivity index (χ4v) is 2.56. The monoisotopic (exact) mass is 330 g/mol. The van der Waals surface area contributed by atoms with Crippen LogP contribution in [0.15, 0.2) is 59.3 Å². The van der Waals surface area contributed by atoms with Gasteiger partial charge in [0, 0.05) is 16.9 Å². The van der Waals surface area contributed by atoms with Crippen LogP contribution in [0, 0.1) is 0 Å². The van der Waals surface area contributed by atoms with Crippen LogP contribution in [0.2, 0.25) is 0 Å². The largest absolute Gasteiger partial charge is 0.480 e. The van der Waals surface area contributed by atoms with Crippen LogP contribution in [0.5, 0.6) is 0 Å². The molecule has 0 fully saturated rings. The second kappa shape index (κ2) is 5.09. The summed E-state index contributed by atoms with van der Waals surface area (Å²) in [6.45, 7) is 0. The standard InChI is InChI=1S/C15H11BrN2O2/c16-11-6-7-13-17-12(9-18(13)8-11)14(15(19)20)10-4-2-1-3-5-10/h1-9,14H,(H,19,20)/t14-/m1/s1. The number of carboxylic acids is 1. The Kier molecular flexibility index (Phi) is 3.28. The number of carbonyl (C=O) groups is 1. The lowest BCUT2D eigenvalue weighted by atomic mass is 9.96. The van der Waals surface area contributed by atoms with E-state index in [2.05, 4.69) is 20.9 Å². The summed E-state index contributed by atoms with van der Waals surface area (Å²) in [6.07, 6.45) is 3.61. The van der Waals surface area contributed by atoms with Gasteiger partial charge in [-0.05, 0) is 33.6 Å². The van der Waals surface area contributed by atoms with Crippen molar-refractivity contribution in [1.82, 2.24) is 9.38 Å². The summed E-state index contributed by atoms with van der Waals surface area (Å²) in [5.74, 6) is -1.66. The molecule has 0 saturated heterocycles. The molecule has 3 aromatic rings. The quantitative estimate of drug-likeness (QED) is 0.801. The molecule has 1 atom stereocenters. The molecule has 5 heteroatoms. The first-order valence-electron chi connectivity index (χ1n) is 6.07. The van der Waals surface area contributed by atoms with Gasteiger partial charge in [0.15, 0.2) is 0 Å². The first-order valence-corrected chi connectivity index (χ1v) is 6.86. The lowest BCUT2D eigenvalue weighted by molar-refractivity contribution is -0.137.